The lowest BCUT2D eigenvalue weighted by molar-refractivity contribution is -0.131. The fraction of sp³-hybridized carbons (Fsp3) is 0.189. The monoisotopic (exact) mass is 583 g/mol. The minimum Gasteiger partial charge on any atom is -0.494 e. The number of carbonyl (C=O) groups excluding carboxylic acids is 4. The van der Waals surface area contributed by atoms with Crippen LogP contribution >= 0.6 is 0 Å². The van der Waals surface area contributed by atoms with Crippen LogP contribution in [0.4, 0.5) is 5.69 Å². The minimum atomic E-state index is -1.63. The predicted molar refractivity (Wildman–Crippen MR) is 166 cm³/mol. The van der Waals surface area contributed by atoms with Crippen LogP contribution in [0.2, 0.25) is 0 Å². The van der Waals surface area contributed by atoms with Crippen molar-refractivity contribution in [3.05, 3.63) is 131 Å². The van der Waals surface area contributed by atoms with E-state index in [2.05, 4.69) is 0 Å². The fourth-order valence-corrected chi connectivity index (χ4v) is 7.31. The number of ether oxygens (including phenoxy) is 2. The Labute approximate surface area is 254 Å². The lowest BCUT2D eigenvalue weighted by atomic mass is 9.64. The Hall–Kier alpha value is -5.30. The maximum Gasteiger partial charge on any atom is 0.308 e. The smallest absolute Gasteiger partial charge is 0.308 e. The zero-order valence-corrected chi connectivity index (χ0v) is 24.2. The van der Waals surface area contributed by atoms with Crippen LogP contribution in [0, 0.1) is 5.41 Å². The summed E-state index contributed by atoms with van der Waals surface area (Å²) < 4.78 is 11.3. The van der Waals surface area contributed by atoms with Crippen molar-refractivity contribution in [3.8, 4) is 11.5 Å². The molecule has 7 heteroatoms. The quantitative estimate of drug-likeness (QED) is 0.113. The molecule has 2 heterocycles. The first kappa shape index (κ1) is 27.5. The van der Waals surface area contributed by atoms with Crippen LogP contribution in [0.25, 0.3) is 6.08 Å². The molecule has 0 saturated carbocycles. The van der Waals surface area contributed by atoms with Gasteiger partial charge in [0.25, 0.3) is 0 Å². The van der Waals surface area contributed by atoms with Gasteiger partial charge in [0, 0.05) is 40.8 Å². The maximum atomic E-state index is 14.9. The molecule has 1 saturated heterocycles. The topological polar surface area (TPSA) is 90.0 Å². The number of fused-ring (bicyclic) bond motifs is 5. The van der Waals surface area contributed by atoms with E-state index in [-0.39, 0.29) is 17.3 Å². The third-order valence-electron chi connectivity index (χ3n) is 8.94. The summed E-state index contributed by atoms with van der Waals surface area (Å²) in [6, 6.07) is 26.7. The highest BCUT2D eigenvalue weighted by atomic mass is 16.5. The van der Waals surface area contributed by atoms with Gasteiger partial charge in [0.05, 0.1) is 12.6 Å². The molecule has 0 bridgehead atoms. The highest BCUT2D eigenvalue weighted by Crippen LogP contribution is 2.62. The molecule has 4 aromatic rings. The number of benzene rings is 4. The Kier molecular flexibility index (Phi) is 6.54. The lowest BCUT2D eigenvalue weighted by Crippen LogP contribution is -2.48. The normalized spacial score (nSPS) is 20.7. The van der Waals surface area contributed by atoms with Crippen molar-refractivity contribution in [3.63, 3.8) is 0 Å². The van der Waals surface area contributed by atoms with Gasteiger partial charge in [-0.1, -0.05) is 72.8 Å². The van der Waals surface area contributed by atoms with Gasteiger partial charge in [-0.15, -0.1) is 0 Å². The van der Waals surface area contributed by atoms with Crippen molar-refractivity contribution in [2.75, 3.05) is 11.5 Å². The summed E-state index contributed by atoms with van der Waals surface area (Å²) in [7, 11) is 0. The van der Waals surface area contributed by atoms with Gasteiger partial charge in [0.15, 0.2) is 17.3 Å². The first-order valence-corrected chi connectivity index (χ1v) is 14.7. The molecule has 4 aromatic carbocycles. The summed E-state index contributed by atoms with van der Waals surface area (Å²) in [5.41, 5.74) is 1.74. The van der Waals surface area contributed by atoms with Crippen molar-refractivity contribution in [2.45, 2.75) is 31.8 Å². The second kappa shape index (κ2) is 10.5. The third kappa shape index (κ3) is 3.89. The van der Waals surface area contributed by atoms with Crippen LogP contribution in [0.1, 0.15) is 62.0 Å². The highest BCUT2D eigenvalue weighted by Gasteiger charge is 2.71. The molecule has 3 aliphatic rings. The standard InChI is InChI=1S/C37H29NO6/c1-3-43-30-15-9-7-13-28(30)32-33(34(40)24-16-19-25(20-17-24)44-22(2)39)38-29-14-8-4-10-23(29)18-21-31(38)37(32)35(41)26-11-5-6-12-27(26)36(37)42/h4-21,31-33H,3H2,1-2H3/t31-,32+,33+/m0/s1. The summed E-state index contributed by atoms with van der Waals surface area (Å²) in [5.74, 6) is -1.38. The largest absolute Gasteiger partial charge is 0.494 e. The van der Waals surface area contributed by atoms with Gasteiger partial charge in [0.2, 0.25) is 0 Å². The predicted octanol–water partition coefficient (Wildman–Crippen LogP) is 6.33. The summed E-state index contributed by atoms with van der Waals surface area (Å²) in [6.07, 6.45) is 3.84. The average molecular weight is 584 g/mol. The molecule has 7 rings (SSSR count). The summed E-state index contributed by atoms with van der Waals surface area (Å²) in [5, 5.41) is 0. The van der Waals surface area contributed by atoms with Crippen molar-refractivity contribution < 1.29 is 28.7 Å². The Bertz CT molecular complexity index is 1840. The number of Topliss-reactive ketones (excluding diaryl/α,β-unsaturated/α-hetero) is 3. The molecule has 0 aromatic heterocycles. The van der Waals surface area contributed by atoms with Crippen LogP contribution in [-0.4, -0.2) is 42.0 Å². The number of esters is 1. The zero-order chi connectivity index (χ0) is 30.6. The average Bonchev–Trinajstić information content (AvgIpc) is 3.47. The molecule has 44 heavy (non-hydrogen) atoms. The van der Waals surface area contributed by atoms with Gasteiger partial charge in [-0.3, -0.25) is 19.2 Å². The molecule has 1 spiro atoms. The van der Waals surface area contributed by atoms with Crippen LogP contribution < -0.4 is 14.4 Å². The summed E-state index contributed by atoms with van der Waals surface area (Å²) in [4.78, 5) is 58.0. The molecule has 1 fully saturated rings. The molecular formula is C37H29NO6. The number of para-hydroxylation sites is 2. The van der Waals surface area contributed by atoms with E-state index in [1.54, 1.807) is 48.5 Å². The van der Waals surface area contributed by atoms with E-state index >= 15 is 0 Å². The van der Waals surface area contributed by atoms with E-state index in [1.165, 1.54) is 6.92 Å². The van der Waals surface area contributed by atoms with Crippen LogP contribution in [0.5, 0.6) is 11.5 Å². The molecule has 218 valence electrons. The van der Waals surface area contributed by atoms with E-state index in [0.29, 0.717) is 40.4 Å². The van der Waals surface area contributed by atoms with Crippen LogP contribution in [0.3, 0.4) is 0 Å². The molecule has 0 radical (unpaired) electrons. The molecule has 7 nitrogen and oxygen atoms in total. The zero-order valence-electron chi connectivity index (χ0n) is 24.2. The van der Waals surface area contributed by atoms with E-state index in [4.69, 9.17) is 9.47 Å². The number of hydrogen-bond acceptors (Lipinski definition) is 7. The second-order valence-corrected chi connectivity index (χ2v) is 11.2. The summed E-state index contributed by atoms with van der Waals surface area (Å²) in [6.45, 7) is 3.55. The molecule has 1 aliphatic carbocycles. The van der Waals surface area contributed by atoms with E-state index in [1.807, 2.05) is 72.5 Å². The maximum absolute atomic E-state index is 14.9. The van der Waals surface area contributed by atoms with Crippen molar-refractivity contribution >= 4 is 35.1 Å². The van der Waals surface area contributed by atoms with E-state index in [9.17, 15) is 19.2 Å². The number of ketones is 3. The number of rotatable bonds is 6. The van der Waals surface area contributed by atoms with Gasteiger partial charge in [-0.2, -0.15) is 0 Å². The Morgan fingerprint density at radius 2 is 1.45 bits per heavy atom. The Morgan fingerprint density at radius 1 is 0.818 bits per heavy atom. The second-order valence-electron chi connectivity index (χ2n) is 11.2. The van der Waals surface area contributed by atoms with Gasteiger partial charge >= 0.3 is 5.97 Å². The molecule has 0 N–H and O–H groups in total. The van der Waals surface area contributed by atoms with E-state index < -0.39 is 29.4 Å². The SMILES string of the molecule is CCOc1ccccc1[C@@H]1[C@H](C(=O)c2ccc(OC(C)=O)cc2)N2c3ccccc3C=C[C@H]2C12C(=O)c1ccccc1C2=O. The third-order valence-corrected chi connectivity index (χ3v) is 8.94. The van der Waals surface area contributed by atoms with Crippen LogP contribution in [0.15, 0.2) is 103 Å². The van der Waals surface area contributed by atoms with Crippen molar-refractivity contribution in [1.29, 1.82) is 0 Å². The molecule has 2 aliphatic heterocycles. The minimum absolute atomic E-state index is 0.265. The first-order valence-electron chi connectivity index (χ1n) is 14.7. The van der Waals surface area contributed by atoms with E-state index in [0.717, 1.165) is 11.3 Å². The molecule has 0 unspecified atom stereocenters. The van der Waals surface area contributed by atoms with Crippen LogP contribution in [-0.2, 0) is 4.79 Å². The van der Waals surface area contributed by atoms with Gasteiger partial charge in [-0.05, 0) is 48.9 Å². The van der Waals surface area contributed by atoms with Gasteiger partial charge in [-0.25, -0.2) is 0 Å². The van der Waals surface area contributed by atoms with Crippen molar-refractivity contribution in [2.24, 2.45) is 5.41 Å². The van der Waals surface area contributed by atoms with Gasteiger partial charge in [0.1, 0.15) is 23.0 Å². The number of hydrogen-bond donors (Lipinski definition) is 0. The molecular weight excluding hydrogens is 554 g/mol. The Balaban J connectivity index is 1.51. The van der Waals surface area contributed by atoms with Crippen molar-refractivity contribution in [1.82, 2.24) is 0 Å². The highest BCUT2D eigenvalue weighted by molar-refractivity contribution is 6.32. The molecule has 0 amide bonds. The Morgan fingerprint density at radius 3 is 2.14 bits per heavy atom. The lowest BCUT2D eigenvalue weighted by Gasteiger charge is -2.37. The number of nitrogens with zero attached hydrogens (tertiary/aromatic N) is 1. The fourth-order valence-electron chi connectivity index (χ4n) is 7.31. The first-order chi connectivity index (χ1) is 21.4. The number of carbonyl (C=O) groups is 4. The molecule has 3 atom stereocenters. The van der Waals surface area contributed by atoms with Gasteiger partial charge < -0.3 is 14.4 Å². The summed E-state index contributed by atoms with van der Waals surface area (Å²) >= 11 is 0. The number of anilines is 1.